The molecule has 3 saturated heterocycles. The van der Waals surface area contributed by atoms with E-state index in [4.69, 9.17) is 23.7 Å². The Balaban J connectivity index is 1.73. The highest BCUT2D eigenvalue weighted by Crippen LogP contribution is 2.30. The van der Waals surface area contributed by atoms with Crippen molar-refractivity contribution in [2.75, 3.05) is 6.61 Å². The standard InChI is InChI=1S/C20H35NO14/c1-5-10(23)13(26)15(28)19(32-5)31-4-8-12(25)17(9(18(30)34-8)21-7(3)22)35-20-16(29)14(27)11(24)6(2)33-20/h5-6,8-20,23-30H,4H2,1-3H3,(H,21,22)/t5-,6-,8+,9+,10+,11+,12+,13+,14+,15-,16-,17+,18+,19+,20-/m0/s1. The smallest absolute Gasteiger partial charge is 0.217 e. The fourth-order valence-corrected chi connectivity index (χ4v) is 4.24. The van der Waals surface area contributed by atoms with Crippen LogP contribution in [0.3, 0.4) is 0 Å². The van der Waals surface area contributed by atoms with Gasteiger partial charge in [-0.3, -0.25) is 4.79 Å². The Morgan fingerprint density at radius 3 is 1.80 bits per heavy atom. The fraction of sp³-hybridized carbons (Fsp3) is 0.950. The molecule has 9 N–H and O–H groups in total. The van der Waals surface area contributed by atoms with Gasteiger partial charge in [-0.1, -0.05) is 0 Å². The first-order chi connectivity index (χ1) is 16.3. The van der Waals surface area contributed by atoms with E-state index in [-0.39, 0.29) is 0 Å². The van der Waals surface area contributed by atoms with Crippen molar-refractivity contribution in [1.29, 1.82) is 0 Å². The van der Waals surface area contributed by atoms with E-state index in [2.05, 4.69) is 5.32 Å². The third kappa shape index (κ3) is 6.10. The first-order valence-electron chi connectivity index (χ1n) is 11.3. The Bertz CT molecular complexity index is 715. The molecule has 0 aromatic carbocycles. The van der Waals surface area contributed by atoms with E-state index in [1.54, 1.807) is 0 Å². The molecule has 15 atom stereocenters. The maximum atomic E-state index is 11.7. The highest BCUT2D eigenvalue weighted by molar-refractivity contribution is 5.73. The third-order valence-corrected chi connectivity index (χ3v) is 6.40. The minimum atomic E-state index is -1.72. The molecule has 0 aromatic heterocycles. The topological polar surface area (TPSA) is 237 Å². The Labute approximate surface area is 200 Å². The summed E-state index contributed by atoms with van der Waals surface area (Å²) >= 11 is 0. The van der Waals surface area contributed by atoms with Crippen LogP contribution in [0.4, 0.5) is 0 Å². The average molecular weight is 513 g/mol. The molecule has 0 unspecified atom stereocenters. The van der Waals surface area contributed by atoms with E-state index in [0.29, 0.717) is 0 Å². The van der Waals surface area contributed by atoms with Crippen LogP contribution >= 0.6 is 0 Å². The van der Waals surface area contributed by atoms with Crippen LogP contribution in [0.25, 0.3) is 0 Å². The zero-order chi connectivity index (χ0) is 26.2. The molecule has 15 heteroatoms. The van der Waals surface area contributed by atoms with Gasteiger partial charge in [-0.2, -0.15) is 0 Å². The van der Waals surface area contributed by atoms with Crippen LogP contribution in [0, 0.1) is 0 Å². The summed E-state index contributed by atoms with van der Waals surface area (Å²) in [6, 6.07) is -1.33. The SMILES string of the molecule is CC(=O)N[C@@H]1[C@@H](O[C@@H]2O[C@@H](C)[C@@H](O)[C@@H](O)[C@@H]2O)[C@H](O)[C@@H](CO[C@@H]2O[C@@H](C)[C@@H](O)[C@@H](O)[C@@H]2O)O[C@H]1O. The van der Waals surface area contributed by atoms with Gasteiger partial charge in [-0.15, -0.1) is 0 Å². The number of carbonyl (C=O) groups excluding carboxylic acids is 1. The lowest BCUT2D eigenvalue weighted by Crippen LogP contribution is -2.67. The van der Waals surface area contributed by atoms with Gasteiger partial charge in [0.25, 0.3) is 0 Å². The highest BCUT2D eigenvalue weighted by atomic mass is 16.7. The lowest BCUT2D eigenvalue weighted by molar-refractivity contribution is -0.344. The number of ether oxygens (including phenoxy) is 5. The second-order valence-electron chi connectivity index (χ2n) is 9.08. The van der Waals surface area contributed by atoms with Crippen LogP contribution in [-0.2, 0) is 28.5 Å². The van der Waals surface area contributed by atoms with Crippen LogP contribution in [0.5, 0.6) is 0 Å². The molecule has 1 amide bonds. The van der Waals surface area contributed by atoms with Crippen LogP contribution in [0.2, 0.25) is 0 Å². The van der Waals surface area contributed by atoms with E-state index < -0.39 is 105 Å². The molecule has 3 aliphatic rings. The van der Waals surface area contributed by atoms with Gasteiger partial charge in [0.1, 0.15) is 61.0 Å². The predicted octanol–water partition coefficient (Wildman–Crippen LogP) is -5.37. The van der Waals surface area contributed by atoms with Crippen LogP contribution in [-0.4, -0.2) is 145 Å². The molecule has 0 aromatic rings. The second kappa shape index (κ2) is 11.6. The van der Waals surface area contributed by atoms with Crippen molar-refractivity contribution >= 4 is 5.91 Å². The molecule has 204 valence electrons. The minimum absolute atomic E-state index is 0.492. The monoisotopic (exact) mass is 513 g/mol. The number of carbonyl (C=O) groups is 1. The summed E-state index contributed by atoms with van der Waals surface area (Å²) in [5, 5.41) is 83.9. The minimum Gasteiger partial charge on any atom is -0.388 e. The molecule has 3 aliphatic heterocycles. The van der Waals surface area contributed by atoms with Crippen molar-refractivity contribution in [1.82, 2.24) is 5.32 Å². The number of aliphatic hydroxyl groups is 8. The Kier molecular flexibility index (Phi) is 9.42. The molecule has 3 heterocycles. The molecular formula is C20H35NO14. The number of rotatable bonds is 6. The molecule has 0 spiro atoms. The number of amides is 1. The predicted molar refractivity (Wildman–Crippen MR) is 110 cm³/mol. The largest absolute Gasteiger partial charge is 0.388 e. The van der Waals surface area contributed by atoms with Gasteiger partial charge < -0.3 is 69.9 Å². The van der Waals surface area contributed by atoms with Gasteiger partial charge >= 0.3 is 0 Å². The molecular weight excluding hydrogens is 478 g/mol. The third-order valence-electron chi connectivity index (χ3n) is 6.40. The van der Waals surface area contributed by atoms with Gasteiger partial charge in [0.15, 0.2) is 18.9 Å². The van der Waals surface area contributed by atoms with Crippen molar-refractivity contribution in [3.05, 3.63) is 0 Å². The van der Waals surface area contributed by atoms with E-state index in [1.807, 2.05) is 0 Å². The zero-order valence-corrected chi connectivity index (χ0v) is 19.4. The van der Waals surface area contributed by atoms with Crippen LogP contribution < -0.4 is 5.32 Å². The molecule has 15 nitrogen and oxygen atoms in total. The van der Waals surface area contributed by atoms with E-state index in [0.717, 1.165) is 6.92 Å². The Morgan fingerprint density at radius 1 is 0.743 bits per heavy atom. The van der Waals surface area contributed by atoms with Gasteiger partial charge in [0.2, 0.25) is 5.91 Å². The summed E-state index contributed by atoms with van der Waals surface area (Å²) in [5.74, 6) is -0.595. The van der Waals surface area contributed by atoms with E-state index in [1.165, 1.54) is 13.8 Å². The summed E-state index contributed by atoms with van der Waals surface area (Å²) in [4.78, 5) is 11.7. The quantitative estimate of drug-likeness (QED) is 0.161. The summed E-state index contributed by atoms with van der Waals surface area (Å²) in [5.41, 5.74) is 0. The normalized spacial score (nSPS) is 51.1. The molecule has 3 fully saturated rings. The summed E-state index contributed by atoms with van der Waals surface area (Å²) in [6.07, 6.45) is -20.2. The summed E-state index contributed by atoms with van der Waals surface area (Å²) < 4.78 is 27.2. The second-order valence-corrected chi connectivity index (χ2v) is 9.08. The fourth-order valence-electron chi connectivity index (χ4n) is 4.24. The van der Waals surface area contributed by atoms with Crippen LogP contribution in [0.15, 0.2) is 0 Å². The molecule has 0 radical (unpaired) electrons. The van der Waals surface area contributed by atoms with E-state index in [9.17, 15) is 45.6 Å². The van der Waals surface area contributed by atoms with Crippen molar-refractivity contribution < 1.29 is 69.3 Å². The van der Waals surface area contributed by atoms with Gasteiger partial charge in [0, 0.05) is 6.92 Å². The summed E-state index contributed by atoms with van der Waals surface area (Å²) in [6.45, 7) is 3.54. The maximum absolute atomic E-state index is 11.7. The Morgan fingerprint density at radius 2 is 1.26 bits per heavy atom. The first kappa shape index (κ1) is 28.5. The Hall–Kier alpha value is -1.05. The number of nitrogens with one attached hydrogen (secondary N) is 1. The first-order valence-corrected chi connectivity index (χ1v) is 11.3. The molecule has 0 aliphatic carbocycles. The molecule has 0 bridgehead atoms. The van der Waals surface area contributed by atoms with Gasteiger partial charge in [0.05, 0.1) is 18.8 Å². The van der Waals surface area contributed by atoms with Crippen LogP contribution in [0.1, 0.15) is 20.8 Å². The zero-order valence-electron chi connectivity index (χ0n) is 19.4. The lowest BCUT2D eigenvalue weighted by Gasteiger charge is -2.47. The molecule has 0 saturated carbocycles. The number of hydrogen-bond donors (Lipinski definition) is 9. The van der Waals surface area contributed by atoms with Crippen molar-refractivity contribution in [2.24, 2.45) is 0 Å². The lowest BCUT2D eigenvalue weighted by atomic mass is 9.95. The van der Waals surface area contributed by atoms with Gasteiger partial charge in [-0.05, 0) is 13.8 Å². The highest BCUT2D eigenvalue weighted by Gasteiger charge is 2.51. The maximum Gasteiger partial charge on any atom is 0.217 e. The number of hydrogen-bond acceptors (Lipinski definition) is 14. The van der Waals surface area contributed by atoms with Crippen molar-refractivity contribution in [2.45, 2.75) is 113 Å². The summed E-state index contributed by atoms with van der Waals surface area (Å²) in [7, 11) is 0. The van der Waals surface area contributed by atoms with E-state index >= 15 is 0 Å². The van der Waals surface area contributed by atoms with Crippen molar-refractivity contribution in [3.63, 3.8) is 0 Å². The van der Waals surface area contributed by atoms with Crippen molar-refractivity contribution in [3.8, 4) is 0 Å². The van der Waals surface area contributed by atoms with Gasteiger partial charge in [-0.25, -0.2) is 0 Å². The number of aliphatic hydroxyl groups excluding tert-OH is 8. The average Bonchev–Trinajstić information content (AvgIpc) is 2.80. The molecule has 3 rings (SSSR count). The molecule has 35 heavy (non-hydrogen) atoms.